The van der Waals surface area contributed by atoms with Crippen molar-refractivity contribution >= 4 is 22.8 Å². The minimum atomic E-state index is -4.89. The summed E-state index contributed by atoms with van der Waals surface area (Å²) in [7, 11) is -6.77. The highest BCUT2D eigenvalue weighted by atomic mass is 32.3. The van der Waals surface area contributed by atoms with Crippen LogP contribution in [0.25, 0.3) is 0 Å². The van der Waals surface area contributed by atoms with E-state index >= 15 is 0 Å². The summed E-state index contributed by atoms with van der Waals surface area (Å²) < 4.78 is 34.1. The molecule has 7 heteroatoms. The first kappa shape index (κ1) is 12.7. The van der Waals surface area contributed by atoms with Crippen molar-refractivity contribution in [3.05, 3.63) is 23.8 Å². The molecule has 0 aromatic heterocycles. The summed E-state index contributed by atoms with van der Waals surface area (Å²) in [6.45, 7) is 0. The molecule has 0 spiro atoms. The molecule has 0 aliphatic rings. The monoisotopic (exact) mass is 242 g/mol. The van der Waals surface area contributed by atoms with E-state index in [4.69, 9.17) is 16.5 Å². The molecule has 0 fully saturated rings. The number of hydrogen-bond donors (Lipinski definition) is 2. The summed E-state index contributed by atoms with van der Waals surface area (Å²) in [6.07, 6.45) is 5.10. The Morgan fingerprint density at radius 2 is 2.00 bits per heavy atom. The van der Waals surface area contributed by atoms with E-state index in [-0.39, 0.29) is 11.9 Å². The first-order chi connectivity index (χ1) is 7.34. The number of terminal acetylenes is 1. The van der Waals surface area contributed by atoms with E-state index < -0.39 is 22.2 Å². The fraction of sp³-hybridized carbons (Fsp3) is 0.111. The van der Waals surface area contributed by atoms with E-state index in [0.29, 0.717) is 5.56 Å². The van der Waals surface area contributed by atoms with Gasteiger partial charge < -0.3 is 10.0 Å². The second kappa shape index (κ2) is 4.66. The topological polar surface area (TPSA) is 74.6 Å². The first-order valence-electron chi connectivity index (χ1n) is 4.22. The van der Waals surface area contributed by atoms with Crippen molar-refractivity contribution in [2.75, 3.05) is 0 Å². The average Bonchev–Trinajstić information content (AvgIpc) is 2.16. The smallest absolute Gasteiger partial charge is 0.423 e. The van der Waals surface area contributed by atoms with Gasteiger partial charge in [0.15, 0.2) is 0 Å². The highest BCUT2D eigenvalue weighted by molar-refractivity contribution is 7.86. The summed E-state index contributed by atoms with van der Waals surface area (Å²) in [6, 6.07) is 3.21. The molecule has 0 aliphatic carbocycles. The van der Waals surface area contributed by atoms with E-state index in [1.807, 2.05) is 0 Å². The molecule has 0 unspecified atom stereocenters. The predicted octanol–water partition coefficient (Wildman–Crippen LogP) is -0.800. The van der Waals surface area contributed by atoms with Crippen LogP contribution in [0.2, 0.25) is 0 Å². The third-order valence-corrected chi connectivity index (χ3v) is 2.67. The lowest BCUT2D eigenvalue weighted by Gasteiger charge is -2.05. The van der Waals surface area contributed by atoms with Crippen LogP contribution in [0, 0.1) is 12.3 Å². The molecule has 2 N–H and O–H groups in total. The van der Waals surface area contributed by atoms with E-state index in [0.717, 1.165) is 12.1 Å². The van der Waals surface area contributed by atoms with Crippen LogP contribution >= 0.6 is 0 Å². The second-order valence-corrected chi connectivity index (χ2v) is 4.45. The molecule has 4 nitrogen and oxygen atoms in total. The quantitative estimate of drug-likeness (QED) is 0.413. The SMILES string of the molecule is C#CCc1cc(B(O)O)cc(S(=O)(=O)F)c1. The zero-order chi connectivity index (χ0) is 12.3. The minimum Gasteiger partial charge on any atom is -0.423 e. The van der Waals surface area contributed by atoms with Crippen molar-refractivity contribution < 1.29 is 22.4 Å². The van der Waals surface area contributed by atoms with Gasteiger partial charge in [0.1, 0.15) is 0 Å². The van der Waals surface area contributed by atoms with Crippen molar-refractivity contribution in [2.45, 2.75) is 11.3 Å². The molecule has 1 aromatic rings. The van der Waals surface area contributed by atoms with Crippen molar-refractivity contribution in [3.8, 4) is 12.3 Å². The zero-order valence-electron chi connectivity index (χ0n) is 8.09. The molecule has 0 amide bonds. The summed E-state index contributed by atoms with van der Waals surface area (Å²) in [5.74, 6) is 2.25. The molecule has 0 saturated heterocycles. The van der Waals surface area contributed by atoms with Crippen LogP contribution < -0.4 is 5.46 Å². The maximum absolute atomic E-state index is 12.7. The van der Waals surface area contributed by atoms with Gasteiger partial charge in [0, 0.05) is 6.42 Å². The van der Waals surface area contributed by atoms with Crippen molar-refractivity contribution in [1.82, 2.24) is 0 Å². The molecular weight excluding hydrogens is 234 g/mol. The number of hydrogen-bond acceptors (Lipinski definition) is 4. The van der Waals surface area contributed by atoms with Crippen molar-refractivity contribution in [3.63, 3.8) is 0 Å². The van der Waals surface area contributed by atoms with Crippen LogP contribution in [0.4, 0.5) is 3.89 Å². The molecular formula is C9H8BFO4S. The standard InChI is InChI=1S/C9H8BFO4S/c1-2-3-7-4-8(10(12)13)6-9(5-7)16(11,14)15/h1,4-6,12-13H,3H2. The Hall–Kier alpha value is -1.36. The van der Waals surface area contributed by atoms with Gasteiger partial charge in [0.05, 0.1) is 4.90 Å². The Kier molecular flexibility index (Phi) is 3.70. The summed E-state index contributed by atoms with van der Waals surface area (Å²) in [5, 5.41) is 17.8. The van der Waals surface area contributed by atoms with Crippen LogP contribution in [-0.2, 0) is 16.6 Å². The molecule has 0 saturated carbocycles. The van der Waals surface area contributed by atoms with Gasteiger partial charge in [-0.1, -0.05) is 6.07 Å². The summed E-state index contributed by atoms with van der Waals surface area (Å²) >= 11 is 0. The van der Waals surface area contributed by atoms with E-state index in [1.54, 1.807) is 0 Å². The van der Waals surface area contributed by atoms with Gasteiger partial charge in [-0.15, -0.1) is 16.2 Å². The molecule has 16 heavy (non-hydrogen) atoms. The van der Waals surface area contributed by atoms with Crippen LogP contribution in [0.5, 0.6) is 0 Å². The summed E-state index contributed by atoms with van der Waals surface area (Å²) in [4.78, 5) is -0.636. The maximum atomic E-state index is 12.7. The molecule has 1 aromatic carbocycles. The molecule has 84 valence electrons. The highest BCUT2D eigenvalue weighted by Gasteiger charge is 2.18. The first-order valence-corrected chi connectivity index (χ1v) is 5.61. The lowest BCUT2D eigenvalue weighted by atomic mass is 9.79. The normalized spacial score (nSPS) is 10.9. The van der Waals surface area contributed by atoms with Gasteiger partial charge in [-0.05, 0) is 23.2 Å². The predicted molar refractivity (Wildman–Crippen MR) is 57.1 cm³/mol. The van der Waals surface area contributed by atoms with Gasteiger partial charge in [-0.3, -0.25) is 0 Å². The van der Waals surface area contributed by atoms with E-state index in [9.17, 15) is 12.3 Å². The molecule has 0 radical (unpaired) electrons. The fourth-order valence-electron chi connectivity index (χ4n) is 1.20. The van der Waals surface area contributed by atoms with Gasteiger partial charge in [0.2, 0.25) is 0 Å². The van der Waals surface area contributed by atoms with Crippen LogP contribution in [-0.4, -0.2) is 25.6 Å². The Labute approximate surface area is 93.1 Å². The van der Waals surface area contributed by atoms with Crippen molar-refractivity contribution in [1.29, 1.82) is 0 Å². The largest absolute Gasteiger partial charge is 0.488 e. The maximum Gasteiger partial charge on any atom is 0.488 e. The zero-order valence-corrected chi connectivity index (χ0v) is 8.91. The van der Waals surface area contributed by atoms with E-state index in [2.05, 4.69) is 5.92 Å². The lowest BCUT2D eigenvalue weighted by molar-refractivity contribution is 0.425. The Morgan fingerprint density at radius 1 is 1.38 bits per heavy atom. The third-order valence-electron chi connectivity index (χ3n) is 1.87. The van der Waals surface area contributed by atoms with Gasteiger partial charge in [-0.25, -0.2) is 0 Å². The Bertz CT molecular complexity index is 533. The lowest BCUT2D eigenvalue weighted by Crippen LogP contribution is -2.30. The number of halogens is 1. The van der Waals surface area contributed by atoms with Crippen LogP contribution in [0.3, 0.4) is 0 Å². The van der Waals surface area contributed by atoms with Crippen LogP contribution in [0.15, 0.2) is 23.1 Å². The highest BCUT2D eigenvalue weighted by Crippen LogP contribution is 2.13. The molecule has 0 heterocycles. The Morgan fingerprint density at radius 3 is 2.44 bits per heavy atom. The third kappa shape index (κ3) is 3.07. The second-order valence-electron chi connectivity index (χ2n) is 3.10. The minimum absolute atomic E-state index is 0.0725. The Balaban J connectivity index is 3.37. The molecule has 0 bridgehead atoms. The summed E-state index contributed by atoms with van der Waals surface area (Å²) in [5.41, 5.74) is 0.202. The van der Waals surface area contributed by atoms with E-state index in [1.165, 1.54) is 6.07 Å². The van der Waals surface area contributed by atoms with Crippen LogP contribution in [0.1, 0.15) is 5.56 Å². The number of rotatable bonds is 3. The van der Waals surface area contributed by atoms with Gasteiger partial charge in [-0.2, -0.15) is 8.42 Å². The fourth-order valence-corrected chi connectivity index (χ4v) is 1.76. The number of benzene rings is 1. The van der Waals surface area contributed by atoms with Gasteiger partial charge in [0.25, 0.3) is 0 Å². The average molecular weight is 242 g/mol. The molecule has 0 aliphatic heterocycles. The molecule has 0 atom stereocenters. The van der Waals surface area contributed by atoms with Gasteiger partial charge >= 0.3 is 17.3 Å². The molecule has 1 rings (SSSR count). The van der Waals surface area contributed by atoms with Crippen molar-refractivity contribution in [2.24, 2.45) is 0 Å².